The van der Waals surface area contributed by atoms with Crippen LogP contribution in [0, 0.1) is 0 Å². The third-order valence-electron chi connectivity index (χ3n) is 5.08. The molecular formula is C20H21Cl3N2OS. The molecule has 0 saturated carbocycles. The van der Waals surface area contributed by atoms with Crippen molar-refractivity contribution in [2.75, 3.05) is 26.2 Å². The Labute approximate surface area is 180 Å². The maximum absolute atomic E-state index is 13.1. The SMILES string of the molecule is Cl.O=C(Cc1ccc(Cl)c(Cl)c1)N1CCc2sccc2C1CN1CC=CC1. The summed E-state index contributed by atoms with van der Waals surface area (Å²) in [6, 6.07) is 7.74. The van der Waals surface area contributed by atoms with Gasteiger partial charge < -0.3 is 4.90 Å². The Bertz CT molecular complexity index is 844. The van der Waals surface area contributed by atoms with E-state index in [0.29, 0.717) is 16.5 Å². The van der Waals surface area contributed by atoms with Gasteiger partial charge in [0.2, 0.25) is 5.91 Å². The van der Waals surface area contributed by atoms with Gasteiger partial charge in [-0.25, -0.2) is 0 Å². The van der Waals surface area contributed by atoms with E-state index in [1.165, 1.54) is 10.4 Å². The standard InChI is InChI=1S/C20H20Cl2N2OS.ClH/c21-16-4-3-14(11-17(16)22)12-20(25)24-9-5-19-15(6-10-26-19)18(24)13-23-7-1-2-8-23;/h1-4,6,10-11,18H,5,7-9,12-13H2;1H. The normalized spacial score (nSPS) is 19.0. The average Bonchev–Trinajstić information content (AvgIpc) is 3.29. The maximum Gasteiger partial charge on any atom is 0.227 e. The van der Waals surface area contributed by atoms with Gasteiger partial charge in [0.15, 0.2) is 0 Å². The molecule has 0 N–H and O–H groups in total. The number of carbonyl (C=O) groups is 1. The van der Waals surface area contributed by atoms with Gasteiger partial charge in [-0.1, -0.05) is 41.4 Å². The average molecular weight is 444 g/mol. The lowest BCUT2D eigenvalue weighted by Crippen LogP contribution is -2.45. The Hall–Kier alpha value is -1.04. The molecule has 0 radical (unpaired) electrons. The molecule has 4 rings (SSSR count). The number of hydrogen-bond donors (Lipinski definition) is 0. The van der Waals surface area contributed by atoms with E-state index in [4.69, 9.17) is 23.2 Å². The number of amides is 1. The summed E-state index contributed by atoms with van der Waals surface area (Å²) in [5, 5.41) is 3.16. The minimum atomic E-state index is 0. The Kier molecular flexibility index (Phi) is 6.88. The number of rotatable bonds is 4. The summed E-state index contributed by atoms with van der Waals surface area (Å²) in [5.74, 6) is 0.150. The summed E-state index contributed by atoms with van der Waals surface area (Å²) in [5.41, 5.74) is 2.22. The van der Waals surface area contributed by atoms with Crippen molar-refractivity contribution in [1.29, 1.82) is 0 Å². The first kappa shape index (κ1) is 20.7. The van der Waals surface area contributed by atoms with Crippen molar-refractivity contribution < 1.29 is 4.79 Å². The zero-order chi connectivity index (χ0) is 18.1. The van der Waals surface area contributed by atoms with Gasteiger partial charge in [0.25, 0.3) is 0 Å². The van der Waals surface area contributed by atoms with Crippen LogP contribution in [0.5, 0.6) is 0 Å². The van der Waals surface area contributed by atoms with E-state index in [2.05, 4.69) is 33.4 Å². The zero-order valence-electron chi connectivity index (χ0n) is 14.7. The number of carbonyl (C=O) groups excluding carboxylic acids is 1. The van der Waals surface area contributed by atoms with Gasteiger partial charge in [0, 0.05) is 31.1 Å². The molecule has 0 saturated heterocycles. The second-order valence-electron chi connectivity index (χ2n) is 6.77. The van der Waals surface area contributed by atoms with Crippen LogP contribution in [0.3, 0.4) is 0 Å². The molecule has 2 aliphatic rings. The highest BCUT2D eigenvalue weighted by atomic mass is 35.5. The van der Waals surface area contributed by atoms with Crippen LogP contribution in [0.1, 0.15) is 22.0 Å². The number of halogens is 3. The van der Waals surface area contributed by atoms with Crippen LogP contribution < -0.4 is 0 Å². The van der Waals surface area contributed by atoms with Crippen LogP contribution in [-0.4, -0.2) is 41.9 Å². The number of fused-ring (bicyclic) bond motifs is 1. The minimum absolute atomic E-state index is 0. The second-order valence-corrected chi connectivity index (χ2v) is 8.58. The van der Waals surface area contributed by atoms with Crippen molar-refractivity contribution in [2.24, 2.45) is 0 Å². The fourth-order valence-corrected chi connectivity index (χ4v) is 4.98. The van der Waals surface area contributed by atoms with Crippen LogP contribution in [0.2, 0.25) is 10.0 Å². The van der Waals surface area contributed by atoms with Gasteiger partial charge in [-0.2, -0.15) is 0 Å². The summed E-state index contributed by atoms with van der Waals surface area (Å²) in [4.78, 5) is 19.0. The summed E-state index contributed by atoms with van der Waals surface area (Å²) < 4.78 is 0. The van der Waals surface area contributed by atoms with Gasteiger partial charge in [0.05, 0.1) is 22.5 Å². The molecule has 1 aromatic carbocycles. The monoisotopic (exact) mass is 442 g/mol. The van der Waals surface area contributed by atoms with Gasteiger partial charge in [-0.3, -0.25) is 9.69 Å². The molecule has 0 aliphatic carbocycles. The van der Waals surface area contributed by atoms with Crippen molar-refractivity contribution in [3.05, 3.63) is 67.8 Å². The highest BCUT2D eigenvalue weighted by Crippen LogP contribution is 2.34. The largest absolute Gasteiger partial charge is 0.334 e. The fourth-order valence-electron chi connectivity index (χ4n) is 3.73. The van der Waals surface area contributed by atoms with Crippen LogP contribution in [0.25, 0.3) is 0 Å². The molecule has 27 heavy (non-hydrogen) atoms. The van der Waals surface area contributed by atoms with Gasteiger partial charge in [-0.15, -0.1) is 23.7 Å². The van der Waals surface area contributed by atoms with Crippen molar-refractivity contribution in [2.45, 2.75) is 18.9 Å². The lowest BCUT2D eigenvalue weighted by atomic mass is 9.98. The third kappa shape index (κ3) is 4.52. The predicted octanol–water partition coefficient (Wildman–Crippen LogP) is 5.02. The zero-order valence-corrected chi connectivity index (χ0v) is 17.9. The van der Waals surface area contributed by atoms with Crippen molar-refractivity contribution in [3.63, 3.8) is 0 Å². The second kappa shape index (κ2) is 8.97. The number of nitrogens with zero attached hydrogens (tertiary/aromatic N) is 2. The molecule has 1 atom stereocenters. The van der Waals surface area contributed by atoms with Crippen LogP contribution in [0.4, 0.5) is 0 Å². The molecule has 1 amide bonds. The number of hydrogen-bond acceptors (Lipinski definition) is 3. The molecular weight excluding hydrogens is 423 g/mol. The summed E-state index contributed by atoms with van der Waals surface area (Å²) in [6.07, 6.45) is 5.68. The van der Waals surface area contributed by atoms with Crippen LogP contribution in [-0.2, 0) is 17.6 Å². The predicted molar refractivity (Wildman–Crippen MR) is 115 cm³/mol. The van der Waals surface area contributed by atoms with E-state index >= 15 is 0 Å². The summed E-state index contributed by atoms with van der Waals surface area (Å²) >= 11 is 13.9. The summed E-state index contributed by atoms with van der Waals surface area (Å²) in [7, 11) is 0. The maximum atomic E-state index is 13.1. The smallest absolute Gasteiger partial charge is 0.227 e. The number of benzene rings is 1. The van der Waals surface area contributed by atoms with Crippen molar-refractivity contribution in [3.8, 4) is 0 Å². The highest BCUT2D eigenvalue weighted by molar-refractivity contribution is 7.10. The molecule has 0 fully saturated rings. The molecule has 7 heteroatoms. The molecule has 144 valence electrons. The topological polar surface area (TPSA) is 23.6 Å². The van der Waals surface area contributed by atoms with Gasteiger partial charge in [0.1, 0.15) is 0 Å². The molecule has 1 unspecified atom stereocenters. The Balaban J connectivity index is 0.00000210. The Morgan fingerprint density at radius 3 is 2.67 bits per heavy atom. The molecule has 3 heterocycles. The van der Waals surface area contributed by atoms with E-state index in [0.717, 1.165) is 38.2 Å². The molecule has 1 aromatic heterocycles. The van der Waals surface area contributed by atoms with Crippen LogP contribution in [0.15, 0.2) is 41.8 Å². The molecule has 0 bridgehead atoms. The van der Waals surface area contributed by atoms with E-state index in [1.807, 2.05) is 6.07 Å². The molecule has 2 aliphatic heterocycles. The quantitative estimate of drug-likeness (QED) is 0.620. The summed E-state index contributed by atoms with van der Waals surface area (Å²) in [6.45, 7) is 3.58. The van der Waals surface area contributed by atoms with Crippen molar-refractivity contribution in [1.82, 2.24) is 9.80 Å². The van der Waals surface area contributed by atoms with Crippen LogP contribution >= 0.6 is 46.9 Å². The molecule has 3 nitrogen and oxygen atoms in total. The number of thiophene rings is 1. The Morgan fingerprint density at radius 1 is 1.15 bits per heavy atom. The molecule has 0 spiro atoms. The lowest BCUT2D eigenvalue weighted by molar-refractivity contribution is -0.133. The Morgan fingerprint density at radius 2 is 1.93 bits per heavy atom. The van der Waals surface area contributed by atoms with Crippen molar-refractivity contribution >= 4 is 52.9 Å². The first-order chi connectivity index (χ1) is 12.6. The minimum Gasteiger partial charge on any atom is -0.334 e. The van der Waals surface area contributed by atoms with E-state index in [1.54, 1.807) is 23.5 Å². The first-order valence-corrected chi connectivity index (χ1v) is 10.4. The van der Waals surface area contributed by atoms with E-state index in [9.17, 15) is 4.79 Å². The van der Waals surface area contributed by atoms with Gasteiger partial charge >= 0.3 is 0 Å². The fraction of sp³-hybridized carbons (Fsp3) is 0.350. The lowest BCUT2D eigenvalue weighted by Gasteiger charge is -2.38. The van der Waals surface area contributed by atoms with Gasteiger partial charge in [-0.05, 0) is 41.1 Å². The van der Waals surface area contributed by atoms with E-state index < -0.39 is 0 Å². The highest BCUT2D eigenvalue weighted by Gasteiger charge is 2.32. The molecule has 2 aromatic rings. The third-order valence-corrected chi connectivity index (χ3v) is 6.82. The first-order valence-electron chi connectivity index (χ1n) is 8.79. The van der Waals surface area contributed by atoms with E-state index in [-0.39, 0.29) is 24.4 Å².